The number of hydrogen-bond donors (Lipinski definition) is 1. The van der Waals surface area contributed by atoms with Gasteiger partial charge in [-0.15, -0.1) is 0 Å². The number of likely N-dealkylation sites (tertiary alicyclic amines) is 1. The number of rotatable bonds is 1. The zero-order valence-corrected chi connectivity index (χ0v) is 9.63. The quantitative estimate of drug-likeness (QED) is 0.690. The highest BCUT2D eigenvalue weighted by molar-refractivity contribution is 4.88. The molecule has 0 saturated carbocycles. The predicted molar refractivity (Wildman–Crippen MR) is 60.5 cm³/mol. The molecule has 0 aromatic carbocycles. The molecule has 2 heteroatoms. The summed E-state index contributed by atoms with van der Waals surface area (Å²) in [4.78, 5) is 2.77. The summed E-state index contributed by atoms with van der Waals surface area (Å²) in [5, 5.41) is 3.53. The number of hydrogen-bond acceptors (Lipinski definition) is 2. The molecule has 2 fully saturated rings. The van der Waals surface area contributed by atoms with Crippen molar-refractivity contribution >= 4 is 0 Å². The molecule has 14 heavy (non-hydrogen) atoms. The van der Waals surface area contributed by atoms with Crippen molar-refractivity contribution in [1.29, 1.82) is 0 Å². The molecule has 0 amide bonds. The average Bonchev–Trinajstić information content (AvgIpc) is 2.19. The molecule has 0 radical (unpaired) electrons. The SMILES string of the molecule is C[C@@H]1CCC[C@H](C)N1C1CCCNC1. The van der Waals surface area contributed by atoms with E-state index in [4.69, 9.17) is 0 Å². The van der Waals surface area contributed by atoms with Crippen LogP contribution < -0.4 is 5.32 Å². The molecule has 0 spiro atoms. The highest BCUT2D eigenvalue weighted by Gasteiger charge is 2.31. The normalized spacial score (nSPS) is 41.1. The van der Waals surface area contributed by atoms with Gasteiger partial charge in [0, 0.05) is 24.7 Å². The van der Waals surface area contributed by atoms with Crippen LogP contribution in [-0.2, 0) is 0 Å². The Kier molecular flexibility index (Phi) is 3.45. The Balaban J connectivity index is 1.97. The minimum Gasteiger partial charge on any atom is -0.315 e. The molecule has 0 aromatic heterocycles. The van der Waals surface area contributed by atoms with Crippen LogP contribution in [0.2, 0.25) is 0 Å². The van der Waals surface area contributed by atoms with Crippen molar-refractivity contribution in [3.63, 3.8) is 0 Å². The van der Waals surface area contributed by atoms with Crippen LogP contribution in [-0.4, -0.2) is 36.1 Å². The summed E-state index contributed by atoms with van der Waals surface area (Å²) < 4.78 is 0. The third-order valence-corrected chi connectivity index (χ3v) is 3.95. The van der Waals surface area contributed by atoms with E-state index in [1.807, 2.05) is 0 Å². The van der Waals surface area contributed by atoms with Crippen LogP contribution in [0.15, 0.2) is 0 Å². The third kappa shape index (κ3) is 2.12. The van der Waals surface area contributed by atoms with Gasteiger partial charge >= 0.3 is 0 Å². The minimum absolute atomic E-state index is 0.809. The van der Waals surface area contributed by atoms with E-state index >= 15 is 0 Å². The Morgan fingerprint density at radius 2 is 1.71 bits per heavy atom. The highest BCUT2D eigenvalue weighted by Crippen LogP contribution is 2.27. The molecule has 0 aromatic rings. The zero-order valence-electron chi connectivity index (χ0n) is 9.63. The van der Waals surface area contributed by atoms with E-state index in [0.717, 1.165) is 18.1 Å². The highest BCUT2D eigenvalue weighted by atomic mass is 15.2. The molecule has 2 nitrogen and oxygen atoms in total. The van der Waals surface area contributed by atoms with Gasteiger partial charge in [0.2, 0.25) is 0 Å². The van der Waals surface area contributed by atoms with E-state index < -0.39 is 0 Å². The number of piperidine rings is 2. The third-order valence-electron chi connectivity index (χ3n) is 3.95. The van der Waals surface area contributed by atoms with Crippen molar-refractivity contribution in [3.8, 4) is 0 Å². The molecule has 2 rings (SSSR count). The lowest BCUT2D eigenvalue weighted by molar-refractivity contribution is 0.0434. The first-order valence-corrected chi connectivity index (χ1v) is 6.27. The Morgan fingerprint density at radius 1 is 1.00 bits per heavy atom. The zero-order chi connectivity index (χ0) is 9.97. The Hall–Kier alpha value is -0.0800. The van der Waals surface area contributed by atoms with Crippen LogP contribution in [0, 0.1) is 0 Å². The summed E-state index contributed by atoms with van der Waals surface area (Å²) in [6.45, 7) is 7.26. The summed E-state index contributed by atoms with van der Waals surface area (Å²) in [5.74, 6) is 0. The maximum atomic E-state index is 3.53. The average molecular weight is 196 g/mol. The van der Waals surface area contributed by atoms with E-state index in [-0.39, 0.29) is 0 Å². The largest absolute Gasteiger partial charge is 0.315 e. The lowest BCUT2D eigenvalue weighted by atomic mass is 9.93. The lowest BCUT2D eigenvalue weighted by Gasteiger charge is -2.45. The van der Waals surface area contributed by atoms with Crippen LogP contribution in [0.1, 0.15) is 46.0 Å². The molecule has 0 aliphatic carbocycles. The smallest absolute Gasteiger partial charge is 0.0226 e. The van der Waals surface area contributed by atoms with Gasteiger partial charge in [-0.2, -0.15) is 0 Å². The van der Waals surface area contributed by atoms with Crippen molar-refractivity contribution < 1.29 is 0 Å². The van der Waals surface area contributed by atoms with Crippen molar-refractivity contribution in [2.24, 2.45) is 0 Å². The maximum Gasteiger partial charge on any atom is 0.0226 e. The lowest BCUT2D eigenvalue weighted by Crippen LogP contribution is -2.54. The molecule has 3 atom stereocenters. The first-order chi connectivity index (χ1) is 6.79. The Morgan fingerprint density at radius 3 is 2.29 bits per heavy atom. The van der Waals surface area contributed by atoms with Gasteiger partial charge in [0.1, 0.15) is 0 Å². The minimum atomic E-state index is 0.809. The van der Waals surface area contributed by atoms with Gasteiger partial charge in [0.25, 0.3) is 0 Å². The summed E-state index contributed by atoms with van der Waals surface area (Å²) >= 11 is 0. The fourth-order valence-electron chi connectivity index (χ4n) is 3.25. The predicted octanol–water partition coefficient (Wildman–Crippen LogP) is 2.00. The molecule has 2 aliphatic heterocycles. The molecule has 1 N–H and O–H groups in total. The maximum absolute atomic E-state index is 3.53. The fraction of sp³-hybridized carbons (Fsp3) is 1.00. The summed E-state index contributed by atoms with van der Waals surface area (Å²) in [7, 11) is 0. The van der Waals surface area contributed by atoms with Crippen LogP contribution in [0.5, 0.6) is 0 Å². The van der Waals surface area contributed by atoms with Gasteiger partial charge in [0.15, 0.2) is 0 Å². The van der Waals surface area contributed by atoms with E-state index in [1.165, 1.54) is 45.2 Å². The molecule has 2 saturated heterocycles. The standard InChI is InChI=1S/C12H24N2/c1-10-5-3-6-11(2)14(10)12-7-4-8-13-9-12/h10-13H,3-9H2,1-2H3/t10-,11+,12?. The van der Waals surface area contributed by atoms with Gasteiger partial charge in [-0.3, -0.25) is 4.90 Å². The second kappa shape index (κ2) is 4.63. The van der Waals surface area contributed by atoms with E-state index in [0.29, 0.717) is 0 Å². The molecule has 1 unspecified atom stereocenters. The molecular formula is C12H24N2. The van der Waals surface area contributed by atoms with Crippen LogP contribution in [0.3, 0.4) is 0 Å². The Labute approximate surface area is 88.1 Å². The van der Waals surface area contributed by atoms with Crippen molar-refractivity contribution in [3.05, 3.63) is 0 Å². The summed E-state index contributed by atoms with van der Waals surface area (Å²) in [5.41, 5.74) is 0. The van der Waals surface area contributed by atoms with E-state index in [2.05, 4.69) is 24.1 Å². The second-order valence-corrected chi connectivity index (χ2v) is 5.08. The summed E-state index contributed by atoms with van der Waals surface area (Å²) in [6.07, 6.45) is 7.00. The van der Waals surface area contributed by atoms with Crippen LogP contribution >= 0.6 is 0 Å². The first-order valence-electron chi connectivity index (χ1n) is 6.27. The number of nitrogens with one attached hydrogen (secondary N) is 1. The van der Waals surface area contributed by atoms with Gasteiger partial charge in [-0.25, -0.2) is 0 Å². The van der Waals surface area contributed by atoms with Gasteiger partial charge in [0.05, 0.1) is 0 Å². The summed E-state index contributed by atoms with van der Waals surface area (Å²) in [6, 6.07) is 2.43. The van der Waals surface area contributed by atoms with Crippen molar-refractivity contribution in [2.75, 3.05) is 13.1 Å². The number of nitrogens with zero attached hydrogens (tertiary/aromatic N) is 1. The molecule has 82 valence electrons. The Bertz CT molecular complexity index is 165. The molecule has 2 heterocycles. The van der Waals surface area contributed by atoms with Crippen LogP contribution in [0.25, 0.3) is 0 Å². The van der Waals surface area contributed by atoms with Gasteiger partial charge in [-0.1, -0.05) is 6.42 Å². The van der Waals surface area contributed by atoms with Crippen molar-refractivity contribution in [2.45, 2.75) is 64.1 Å². The van der Waals surface area contributed by atoms with Crippen molar-refractivity contribution in [1.82, 2.24) is 10.2 Å². The molecule has 0 bridgehead atoms. The molecular weight excluding hydrogens is 172 g/mol. The monoisotopic (exact) mass is 196 g/mol. The van der Waals surface area contributed by atoms with Gasteiger partial charge < -0.3 is 5.32 Å². The van der Waals surface area contributed by atoms with Gasteiger partial charge in [-0.05, 0) is 46.1 Å². The fourth-order valence-corrected chi connectivity index (χ4v) is 3.25. The van der Waals surface area contributed by atoms with Crippen LogP contribution in [0.4, 0.5) is 0 Å². The second-order valence-electron chi connectivity index (χ2n) is 5.08. The topological polar surface area (TPSA) is 15.3 Å². The van der Waals surface area contributed by atoms with E-state index in [9.17, 15) is 0 Å². The first kappa shape index (κ1) is 10.4. The van der Waals surface area contributed by atoms with E-state index in [1.54, 1.807) is 0 Å². The molecule has 2 aliphatic rings.